The van der Waals surface area contributed by atoms with Crippen LogP contribution in [0, 0.1) is 6.92 Å². The second-order valence-corrected chi connectivity index (χ2v) is 8.36. The van der Waals surface area contributed by atoms with Crippen LogP contribution >= 0.6 is 11.3 Å². The highest BCUT2D eigenvalue weighted by Gasteiger charge is 2.17. The van der Waals surface area contributed by atoms with E-state index in [2.05, 4.69) is 10.3 Å². The van der Waals surface area contributed by atoms with Crippen LogP contribution in [0.25, 0.3) is 21.3 Å². The maximum atomic E-state index is 13.2. The number of aryl methyl sites for hydroxylation is 2. The van der Waals surface area contributed by atoms with Crippen molar-refractivity contribution >= 4 is 39.1 Å². The van der Waals surface area contributed by atoms with Crippen LogP contribution < -0.4 is 10.9 Å². The first-order valence-electron chi connectivity index (χ1n) is 9.75. The summed E-state index contributed by atoms with van der Waals surface area (Å²) in [6.07, 6.45) is 1.42. The molecule has 2 heterocycles. The molecule has 3 N–H and O–H groups in total. The van der Waals surface area contributed by atoms with Crippen LogP contribution in [0.2, 0.25) is 0 Å². The van der Waals surface area contributed by atoms with E-state index in [4.69, 9.17) is 5.11 Å². The van der Waals surface area contributed by atoms with Gasteiger partial charge in [-0.1, -0.05) is 30.3 Å². The number of phenols is 1. The molecule has 0 aliphatic rings. The number of aromatic carboxylic acids is 1. The van der Waals surface area contributed by atoms with E-state index in [-0.39, 0.29) is 35.5 Å². The zero-order valence-electron chi connectivity index (χ0n) is 17.0. The predicted molar refractivity (Wildman–Crippen MR) is 122 cm³/mol. The van der Waals surface area contributed by atoms with E-state index in [1.54, 1.807) is 0 Å². The van der Waals surface area contributed by atoms with Crippen molar-refractivity contribution in [2.24, 2.45) is 0 Å². The Kier molecular flexibility index (Phi) is 5.74. The smallest absolute Gasteiger partial charge is 0.339 e. The lowest BCUT2D eigenvalue weighted by molar-refractivity contribution is -0.116. The number of hydrogen-bond donors (Lipinski definition) is 3. The highest BCUT2D eigenvalue weighted by molar-refractivity contribution is 7.19. The lowest BCUT2D eigenvalue weighted by Crippen LogP contribution is -2.23. The van der Waals surface area contributed by atoms with Crippen molar-refractivity contribution in [3.63, 3.8) is 0 Å². The van der Waals surface area contributed by atoms with Gasteiger partial charge in [0.25, 0.3) is 5.56 Å². The Balaban J connectivity index is 1.56. The quantitative estimate of drug-likeness (QED) is 0.384. The molecule has 0 fully saturated rings. The highest BCUT2D eigenvalue weighted by atomic mass is 32.1. The first kappa shape index (κ1) is 21.3. The Morgan fingerprint density at radius 3 is 2.62 bits per heavy atom. The van der Waals surface area contributed by atoms with Crippen molar-refractivity contribution in [2.75, 3.05) is 5.32 Å². The number of nitrogens with zero attached hydrogens (tertiary/aromatic N) is 2. The molecular formula is C23H19N3O5S. The molecule has 0 bridgehead atoms. The number of hydrogen-bond acceptors (Lipinski definition) is 6. The summed E-state index contributed by atoms with van der Waals surface area (Å²) < 4.78 is 1.40. The van der Waals surface area contributed by atoms with Crippen molar-refractivity contribution in [2.45, 2.75) is 19.9 Å². The molecule has 4 rings (SSSR count). The number of fused-ring (bicyclic) bond motifs is 1. The van der Waals surface area contributed by atoms with E-state index < -0.39 is 11.9 Å². The summed E-state index contributed by atoms with van der Waals surface area (Å²) in [6.45, 7) is 2.07. The number of amides is 1. The fraction of sp³-hybridized carbons (Fsp3) is 0.130. The van der Waals surface area contributed by atoms with Gasteiger partial charge >= 0.3 is 5.97 Å². The number of rotatable bonds is 6. The molecule has 8 nitrogen and oxygen atoms in total. The molecular weight excluding hydrogens is 430 g/mol. The van der Waals surface area contributed by atoms with Crippen LogP contribution in [0.1, 0.15) is 21.7 Å². The van der Waals surface area contributed by atoms with Crippen molar-refractivity contribution in [3.05, 3.63) is 75.7 Å². The minimum absolute atomic E-state index is 0.0137. The predicted octanol–water partition coefficient (Wildman–Crippen LogP) is 3.87. The number of benzene rings is 2. The van der Waals surface area contributed by atoms with Crippen LogP contribution in [0.4, 0.5) is 5.69 Å². The van der Waals surface area contributed by atoms with E-state index in [9.17, 15) is 19.5 Å². The van der Waals surface area contributed by atoms with Crippen LogP contribution in [-0.2, 0) is 11.3 Å². The van der Waals surface area contributed by atoms with Crippen molar-refractivity contribution in [3.8, 4) is 16.9 Å². The van der Waals surface area contributed by atoms with Gasteiger partial charge < -0.3 is 15.5 Å². The third kappa shape index (κ3) is 4.10. The van der Waals surface area contributed by atoms with Crippen molar-refractivity contribution < 1.29 is 19.8 Å². The summed E-state index contributed by atoms with van der Waals surface area (Å²) in [6, 6.07) is 13.4. The van der Waals surface area contributed by atoms with Gasteiger partial charge in [0.05, 0.1) is 11.7 Å². The maximum absolute atomic E-state index is 13.2. The molecule has 2 aromatic heterocycles. The number of carbonyl (C=O) groups excluding carboxylic acids is 1. The summed E-state index contributed by atoms with van der Waals surface area (Å²) in [5, 5.41) is 21.8. The standard InChI is InChI=1S/C23H19N3O5S/c1-13-19(14-5-3-2-4-6-14)20-21(32-13)24-12-26(22(20)29)10-9-18(28)25-15-7-8-17(27)16(11-15)23(30)31/h2-8,11-12,27H,9-10H2,1H3,(H,25,28)(H,30,31). The molecule has 0 spiro atoms. The van der Waals surface area contributed by atoms with Crippen LogP contribution in [0.3, 0.4) is 0 Å². The normalized spacial score (nSPS) is 10.9. The van der Waals surface area contributed by atoms with Crippen LogP contribution in [0.15, 0.2) is 59.7 Å². The number of carboxylic acids is 1. The summed E-state index contributed by atoms with van der Waals surface area (Å²) in [5.74, 6) is -2.09. The van der Waals surface area contributed by atoms with Gasteiger partial charge in [0, 0.05) is 29.1 Å². The lowest BCUT2D eigenvalue weighted by Gasteiger charge is -2.09. The van der Waals surface area contributed by atoms with E-state index in [0.29, 0.717) is 10.2 Å². The number of aromatic nitrogens is 2. The summed E-state index contributed by atoms with van der Waals surface area (Å²) in [5.41, 5.74) is 1.50. The lowest BCUT2D eigenvalue weighted by atomic mass is 10.0. The number of carbonyl (C=O) groups is 2. The molecule has 9 heteroatoms. The molecule has 0 aliphatic carbocycles. The average Bonchev–Trinajstić information content (AvgIpc) is 3.11. The van der Waals surface area contributed by atoms with Gasteiger partial charge in [-0.15, -0.1) is 11.3 Å². The molecule has 2 aromatic carbocycles. The molecule has 0 unspecified atom stereocenters. The minimum atomic E-state index is -1.30. The van der Waals surface area contributed by atoms with Gasteiger partial charge in [-0.05, 0) is 30.7 Å². The molecule has 0 radical (unpaired) electrons. The van der Waals surface area contributed by atoms with Crippen LogP contribution in [0.5, 0.6) is 5.75 Å². The van der Waals surface area contributed by atoms with E-state index in [1.807, 2.05) is 37.3 Å². The number of anilines is 1. The zero-order valence-corrected chi connectivity index (χ0v) is 17.8. The first-order valence-corrected chi connectivity index (χ1v) is 10.6. The molecule has 32 heavy (non-hydrogen) atoms. The Morgan fingerprint density at radius 2 is 1.91 bits per heavy atom. The van der Waals surface area contributed by atoms with Gasteiger partial charge in [0.1, 0.15) is 16.1 Å². The van der Waals surface area contributed by atoms with Gasteiger partial charge in [-0.3, -0.25) is 14.2 Å². The minimum Gasteiger partial charge on any atom is -0.507 e. The fourth-order valence-corrected chi connectivity index (χ4v) is 4.48. The largest absolute Gasteiger partial charge is 0.507 e. The molecule has 162 valence electrons. The molecule has 4 aromatic rings. The van der Waals surface area contributed by atoms with Gasteiger partial charge in [-0.2, -0.15) is 0 Å². The van der Waals surface area contributed by atoms with Gasteiger partial charge in [0.15, 0.2) is 0 Å². The van der Waals surface area contributed by atoms with Crippen molar-refractivity contribution in [1.29, 1.82) is 0 Å². The number of nitrogens with one attached hydrogen (secondary N) is 1. The number of aromatic hydroxyl groups is 1. The Hall–Kier alpha value is -3.98. The summed E-state index contributed by atoms with van der Waals surface area (Å²) >= 11 is 1.46. The summed E-state index contributed by atoms with van der Waals surface area (Å²) in [4.78, 5) is 42.7. The molecule has 1 amide bonds. The third-order valence-corrected chi connectivity index (χ3v) is 6.02. The topological polar surface area (TPSA) is 122 Å². The SMILES string of the molecule is Cc1sc2ncn(CCC(=O)Nc3ccc(O)c(C(=O)O)c3)c(=O)c2c1-c1ccccc1. The van der Waals surface area contributed by atoms with Crippen molar-refractivity contribution in [1.82, 2.24) is 9.55 Å². The Labute approximate surface area is 186 Å². The second-order valence-electron chi connectivity index (χ2n) is 7.16. The highest BCUT2D eigenvalue weighted by Crippen LogP contribution is 2.35. The van der Waals surface area contributed by atoms with Gasteiger partial charge in [-0.25, -0.2) is 9.78 Å². The zero-order chi connectivity index (χ0) is 22.8. The van der Waals surface area contributed by atoms with E-state index in [0.717, 1.165) is 16.0 Å². The third-order valence-electron chi connectivity index (χ3n) is 5.01. The molecule has 0 atom stereocenters. The number of carboxylic acid groups (broad SMARTS) is 1. The van der Waals surface area contributed by atoms with Crippen LogP contribution in [-0.4, -0.2) is 31.6 Å². The van der Waals surface area contributed by atoms with E-state index in [1.165, 1.54) is 40.4 Å². The van der Waals surface area contributed by atoms with E-state index >= 15 is 0 Å². The number of thiophene rings is 1. The Bertz CT molecular complexity index is 1390. The maximum Gasteiger partial charge on any atom is 0.339 e. The molecule has 0 saturated carbocycles. The first-order chi connectivity index (χ1) is 15.3. The monoisotopic (exact) mass is 449 g/mol. The molecule has 0 saturated heterocycles. The average molecular weight is 449 g/mol. The summed E-state index contributed by atoms with van der Waals surface area (Å²) in [7, 11) is 0. The second kappa shape index (κ2) is 8.64. The molecule has 0 aliphatic heterocycles. The fourth-order valence-electron chi connectivity index (χ4n) is 3.48. The van der Waals surface area contributed by atoms with Gasteiger partial charge in [0.2, 0.25) is 5.91 Å². The Morgan fingerprint density at radius 1 is 1.16 bits per heavy atom.